The normalized spacial score (nSPS) is 10.6. The van der Waals surface area contributed by atoms with Crippen LogP contribution in [0.3, 0.4) is 0 Å². The van der Waals surface area contributed by atoms with E-state index in [2.05, 4.69) is 15.6 Å². The molecular weight excluding hydrogens is 481 g/mol. The molecule has 0 aliphatic carbocycles. The van der Waals surface area contributed by atoms with Crippen molar-refractivity contribution in [3.8, 4) is 17.2 Å². The Labute approximate surface area is 182 Å². The van der Waals surface area contributed by atoms with Crippen LogP contribution in [-0.2, 0) is 13.1 Å². The summed E-state index contributed by atoms with van der Waals surface area (Å²) in [5.74, 6) is 2.64. The summed E-state index contributed by atoms with van der Waals surface area (Å²) in [6.45, 7) is 1.13. The summed E-state index contributed by atoms with van der Waals surface area (Å²) in [6, 6.07) is 11.4. The fraction of sp³-hybridized carbons (Fsp3) is 0.316. The summed E-state index contributed by atoms with van der Waals surface area (Å²) >= 11 is 6.01. The predicted octanol–water partition coefficient (Wildman–Crippen LogP) is 3.85. The molecule has 0 aliphatic heterocycles. The van der Waals surface area contributed by atoms with Crippen LogP contribution in [0, 0.1) is 0 Å². The van der Waals surface area contributed by atoms with E-state index < -0.39 is 0 Å². The molecule has 2 N–H and O–H groups in total. The first-order valence-electron chi connectivity index (χ1n) is 8.09. The minimum absolute atomic E-state index is 0. The quantitative estimate of drug-likeness (QED) is 0.340. The van der Waals surface area contributed by atoms with Gasteiger partial charge in [-0.25, -0.2) is 0 Å². The van der Waals surface area contributed by atoms with E-state index in [1.807, 2.05) is 30.3 Å². The lowest BCUT2D eigenvalue weighted by Gasteiger charge is -2.16. The third-order valence-corrected chi connectivity index (χ3v) is 4.04. The summed E-state index contributed by atoms with van der Waals surface area (Å²) in [7, 11) is 6.54. The summed E-state index contributed by atoms with van der Waals surface area (Å²) in [4.78, 5) is 4.24. The van der Waals surface area contributed by atoms with Crippen LogP contribution in [-0.4, -0.2) is 34.3 Å². The molecule has 0 heterocycles. The molecule has 0 saturated heterocycles. The highest BCUT2D eigenvalue weighted by molar-refractivity contribution is 14.0. The van der Waals surface area contributed by atoms with E-state index in [-0.39, 0.29) is 24.0 Å². The van der Waals surface area contributed by atoms with Crippen molar-refractivity contribution in [2.24, 2.45) is 4.99 Å². The van der Waals surface area contributed by atoms with Crippen LogP contribution in [0.15, 0.2) is 41.4 Å². The number of aliphatic imine (C=N–C) groups is 1. The van der Waals surface area contributed by atoms with Gasteiger partial charge in [0.05, 0.1) is 21.3 Å². The number of guanidine groups is 1. The lowest BCUT2D eigenvalue weighted by Crippen LogP contribution is -2.36. The predicted molar refractivity (Wildman–Crippen MR) is 120 cm³/mol. The molecule has 2 aromatic carbocycles. The highest BCUT2D eigenvalue weighted by atomic mass is 127. The van der Waals surface area contributed by atoms with Crippen LogP contribution in [0.1, 0.15) is 11.1 Å². The first kappa shape index (κ1) is 23.2. The Kier molecular flexibility index (Phi) is 10.1. The van der Waals surface area contributed by atoms with Crippen LogP contribution in [0.25, 0.3) is 0 Å². The Hall–Kier alpha value is -1.87. The van der Waals surface area contributed by atoms with Gasteiger partial charge in [0.2, 0.25) is 0 Å². The van der Waals surface area contributed by atoms with Gasteiger partial charge in [-0.1, -0.05) is 23.7 Å². The Bertz CT molecular complexity index is 772. The molecule has 2 aromatic rings. The average Bonchev–Trinajstić information content (AvgIpc) is 2.67. The van der Waals surface area contributed by atoms with Crippen molar-refractivity contribution in [1.82, 2.24) is 10.6 Å². The van der Waals surface area contributed by atoms with Crippen LogP contribution in [0.5, 0.6) is 17.2 Å². The Morgan fingerprint density at radius 1 is 0.926 bits per heavy atom. The smallest absolute Gasteiger partial charge is 0.191 e. The zero-order chi connectivity index (χ0) is 18.9. The van der Waals surface area contributed by atoms with Gasteiger partial charge >= 0.3 is 0 Å². The van der Waals surface area contributed by atoms with Crippen LogP contribution in [0.2, 0.25) is 5.02 Å². The Balaban J connectivity index is 0.00000364. The van der Waals surface area contributed by atoms with E-state index in [4.69, 9.17) is 25.8 Å². The van der Waals surface area contributed by atoms with Gasteiger partial charge in [0.25, 0.3) is 0 Å². The van der Waals surface area contributed by atoms with Gasteiger partial charge in [0.15, 0.2) is 17.5 Å². The highest BCUT2D eigenvalue weighted by Gasteiger charge is 2.12. The van der Waals surface area contributed by atoms with Crippen molar-refractivity contribution in [3.63, 3.8) is 0 Å². The van der Waals surface area contributed by atoms with Crippen molar-refractivity contribution in [1.29, 1.82) is 0 Å². The van der Waals surface area contributed by atoms with Crippen molar-refractivity contribution < 1.29 is 14.2 Å². The molecular formula is C19H25ClIN3O3. The minimum Gasteiger partial charge on any atom is -0.496 e. The Morgan fingerprint density at radius 2 is 1.56 bits per heavy atom. The molecule has 0 fully saturated rings. The highest BCUT2D eigenvalue weighted by Crippen LogP contribution is 2.34. The second-order valence-corrected chi connectivity index (χ2v) is 5.86. The topological polar surface area (TPSA) is 64.1 Å². The number of methoxy groups -OCH3 is 3. The first-order valence-corrected chi connectivity index (χ1v) is 8.47. The van der Waals surface area contributed by atoms with Gasteiger partial charge < -0.3 is 24.8 Å². The second kappa shape index (κ2) is 11.8. The molecule has 6 nitrogen and oxygen atoms in total. The number of nitrogens with one attached hydrogen (secondary N) is 2. The third kappa shape index (κ3) is 6.66. The summed E-state index contributed by atoms with van der Waals surface area (Å²) in [5.41, 5.74) is 2.00. The fourth-order valence-corrected chi connectivity index (χ4v) is 2.68. The SMILES string of the molecule is CN=C(NCc1cccc(Cl)c1)NCc1cc(OC)c(OC)cc1OC.I. The van der Waals surface area contributed by atoms with E-state index in [0.29, 0.717) is 41.3 Å². The van der Waals surface area contributed by atoms with Gasteiger partial charge in [-0.15, -0.1) is 24.0 Å². The van der Waals surface area contributed by atoms with Crippen LogP contribution >= 0.6 is 35.6 Å². The molecule has 148 valence electrons. The molecule has 0 aliphatic rings. The van der Waals surface area contributed by atoms with Crippen molar-refractivity contribution in [2.45, 2.75) is 13.1 Å². The molecule has 0 spiro atoms. The molecule has 8 heteroatoms. The Morgan fingerprint density at radius 3 is 2.15 bits per heavy atom. The lowest BCUT2D eigenvalue weighted by molar-refractivity contribution is 0.347. The molecule has 27 heavy (non-hydrogen) atoms. The van der Waals surface area contributed by atoms with E-state index in [1.165, 1.54) is 0 Å². The maximum atomic E-state index is 6.01. The van der Waals surface area contributed by atoms with E-state index in [9.17, 15) is 0 Å². The van der Waals surface area contributed by atoms with Gasteiger partial charge in [-0.3, -0.25) is 4.99 Å². The zero-order valence-corrected chi connectivity index (χ0v) is 18.9. The molecule has 0 atom stereocenters. The van der Waals surface area contributed by atoms with Crippen molar-refractivity contribution in [2.75, 3.05) is 28.4 Å². The van der Waals surface area contributed by atoms with Crippen molar-refractivity contribution >= 4 is 41.5 Å². The minimum atomic E-state index is 0. The largest absolute Gasteiger partial charge is 0.496 e. The molecule has 0 saturated carbocycles. The maximum Gasteiger partial charge on any atom is 0.191 e. The fourth-order valence-electron chi connectivity index (χ4n) is 2.46. The molecule has 0 unspecified atom stereocenters. The molecule has 0 radical (unpaired) electrons. The summed E-state index contributed by atoms with van der Waals surface area (Å²) in [5, 5.41) is 7.23. The van der Waals surface area contributed by atoms with Crippen LogP contribution < -0.4 is 24.8 Å². The summed E-state index contributed by atoms with van der Waals surface area (Å²) < 4.78 is 16.1. The van der Waals surface area contributed by atoms with Gasteiger partial charge in [-0.2, -0.15) is 0 Å². The molecule has 2 rings (SSSR count). The standard InChI is InChI=1S/C19H24ClN3O3.HI/c1-21-19(22-11-13-6-5-7-15(20)8-13)23-12-14-9-17(25-3)18(26-4)10-16(14)24-2;/h5-10H,11-12H2,1-4H3,(H2,21,22,23);1H. The number of ether oxygens (including phenoxy) is 3. The van der Waals surface area contributed by atoms with Gasteiger partial charge in [-0.05, 0) is 23.8 Å². The van der Waals surface area contributed by atoms with E-state index >= 15 is 0 Å². The second-order valence-electron chi connectivity index (χ2n) is 5.43. The van der Waals surface area contributed by atoms with Gasteiger partial charge in [0.1, 0.15) is 5.75 Å². The number of benzene rings is 2. The van der Waals surface area contributed by atoms with E-state index in [0.717, 1.165) is 11.1 Å². The number of hydrogen-bond donors (Lipinski definition) is 2. The average molecular weight is 506 g/mol. The zero-order valence-electron chi connectivity index (χ0n) is 15.8. The number of rotatable bonds is 7. The molecule has 0 amide bonds. The number of hydrogen-bond acceptors (Lipinski definition) is 4. The molecule has 0 bridgehead atoms. The monoisotopic (exact) mass is 505 g/mol. The van der Waals surface area contributed by atoms with Crippen molar-refractivity contribution in [3.05, 3.63) is 52.5 Å². The summed E-state index contributed by atoms with van der Waals surface area (Å²) in [6.07, 6.45) is 0. The molecule has 0 aromatic heterocycles. The van der Waals surface area contributed by atoms with Gasteiger partial charge in [0, 0.05) is 36.8 Å². The number of halogens is 2. The lowest BCUT2D eigenvalue weighted by atomic mass is 10.1. The van der Waals surface area contributed by atoms with Crippen LogP contribution in [0.4, 0.5) is 0 Å². The maximum absolute atomic E-state index is 6.01. The number of nitrogens with zero attached hydrogens (tertiary/aromatic N) is 1. The van der Waals surface area contributed by atoms with E-state index in [1.54, 1.807) is 34.4 Å². The first-order chi connectivity index (χ1) is 12.6. The third-order valence-electron chi connectivity index (χ3n) is 3.81.